The van der Waals surface area contributed by atoms with Gasteiger partial charge in [-0.1, -0.05) is 0 Å². The number of rotatable bonds is 3. The van der Waals surface area contributed by atoms with Gasteiger partial charge in [-0.2, -0.15) is 0 Å². The summed E-state index contributed by atoms with van der Waals surface area (Å²) in [4.78, 5) is 44.1. The Morgan fingerprint density at radius 1 is 1.05 bits per heavy atom. The van der Waals surface area contributed by atoms with E-state index in [1.165, 1.54) is 24.3 Å². The first-order chi connectivity index (χ1) is 9.18. The maximum atomic E-state index is 11.0. The summed E-state index contributed by atoms with van der Waals surface area (Å²) in [6, 6.07) is 5.19. The van der Waals surface area contributed by atoms with E-state index in [4.69, 9.17) is 14.7 Å². The first-order valence-electron chi connectivity index (χ1n) is 5.26. The zero-order valence-corrected chi connectivity index (χ0v) is 11.7. The molecule has 2 heterocycles. The fraction of sp³-hybridized carbons (Fsp3) is 0. The van der Waals surface area contributed by atoms with Gasteiger partial charge in [-0.15, -0.1) is 0 Å². The first kappa shape index (κ1) is 15.0. The molecule has 0 aliphatic rings. The molecular formula is C10H10N2O6P2. The summed E-state index contributed by atoms with van der Waals surface area (Å²) >= 11 is 0. The number of hydrogen-bond acceptors (Lipinski definition) is 4. The third-order valence-electron chi connectivity index (χ3n) is 2.48. The van der Waals surface area contributed by atoms with Crippen molar-refractivity contribution in [3.8, 4) is 11.4 Å². The molecule has 0 fully saturated rings. The van der Waals surface area contributed by atoms with Crippen molar-refractivity contribution in [2.24, 2.45) is 0 Å². The van der Waals surface area contributed by atoms with Gasteiger partial charge < -0.3 is 24.1 Å². The quantitative estimate of drug-likeness (QED) is 0.586. The summed E-state index contributed by atoms with van der Waals surface area (Å²) in [5, 5.41) is -0.481. The van der Waals surface area contributed by atoms with Crippen LogP contribution < -0.4 is 20.5 Å². The van der Waals surface area contributed by atoms with Crippen LogP contribution in [0.4, 0.5) is 0 Å². The van der Waals surface area contributed by atoms with Crippen LogP contribution in [0.5, 0.6) is 0 Å². The van der Waals surface area contributed by atoms with E-state index >= 15 is 0 Å². The topological polar surface area (TPSA) is 145 Å². The SMILES string of the molecule is O=P([O-])(O)c1ccc(-c2ccc(P(=O)(O)O)c[nH+]2)nc1. The van der Waals surface area contributed by atoms with Crippen LogP contribution in [-0.2, 0) is 9.13 Å². The van der Waals surface area contributed by atoms with Crippen LogP contribution in [0.3, 0.4) is 0 Å². The molecule has 0 saturated carbocycles. The van der Waals surface area contributed by atoms with Crippen molar-refractivity contribution in [1.29, 1.82) is 0 Å². The van der Waals surface area contributed by atoms with Crippen molar-refractivity contribution in [2.75, 3.05) is 0 Å². The van der Waals surface area contributed by atoms with E-state index in [2.05, 4.69) is 9.97 Å². The molecule has 2 aromatic heterocycles. The van der Waals surface area contributed by atoms with Gasteiger partial charge in [0.05, 0.1) is 0 Å². The van der Waals surface area contributed by atoms with Gasteiger partial charge in [-0.3, -0.25) is 4.57 Å². The third kappa shape index (κ3) is 3.37. The minimum Gasteiger partial charge on any atom is -0.775 e. The van der Waals surface area contributed by atoms with Crippen molar-refractivity contribution in [2.45, 2.75) is 0 Å². The standard InChI is InChI=1S/C10H10N2O6P2/c13-19(14,15)7-1-3-9(11-5-7)10-4-2-8(6-12-10)20(16,17)18/h1-6H,(H2,13,14,15)(H2,16,17,18). The van der Waals surface area contributed by atoms with Gasteiger partial charge in [-0.25, -0.2) is 9.97 Å². The van der Waals surface area contributed by atoms with E-state index in [9.17, 15) is 14.0 Å². The highest BCUT2D eigenvalue weighted by Crippen LogP contribution is 2.32. The molecule has 10 heteroatoms. The normalized spacial score (nSPS) is 14.8. The van der Waals surface area contributed by atoms with Crippen LogP contribution in [0.15, 0.2) is 36.7 Å². The van der Waals surface area contributed by atoms with Crippen LogP contribution in [-0.4, -0.2) is 19.7 Å². The number of aromatic nitrogens is 2. The van der Waals surface area contributed by atoms with E-state index in [1.807, 2.05) is 0 Å². The zero-order chi connectivity index (χ0) is 15.0. The molecule has 0 amide bonds. The van der Waals surface area contributed by atoms with E-state index in [-0.39, 0.29) is 10.6 Å². The molecule has 0 aliphatic heterocycles. The molecule has 0 aromatic carbocycles. The molecule has 0 spiro atoms. The number of nitrogens with one attached hydrogen (secondary N) is 1. The van der Waals surface area contributed by atoms with Gasteiger partial charge in [-0.05, 0) is 18.2 Å². The minimum absolute atomic E-state index is 0.169. The zero-order valence-electron chi connectivity index (χ0n) is 9.87. The second kappa shape index (κ2) is 5.18. The average molecular weight is 316 g/mol. The van der Waals surface area contributed by atoms with Crippen molar-refractivity contribution in [3.05, 3.63) is 36.7 Å². The summed E-state index contributed by atoms with van der Waals surface area (Å²) in [5.74, 6) is 0. The maximum absolute atomic E-state index is 11.0. The number of hydrogen-bond donors (Lipinski definition) is 3. The molecule has 8 nitrogen and oxygen atoms in total. The molecule has 20 heavy (non-hydrogen) atoms. The minimum atomic E-state index is -4.59. The smallest absolute Gasteiger partial charge is 0.362 e. The Morgan fingerprint density at radius 3 is 2.10 bits per heavy atom. The molecule has 2 rings (SSSR count). The Kier molecular flexibility index (Phi) is 3.88. The Bertz CT molecular complexity index is 640. The van der Waals surface area contributed by atoms with Crippen molar-refractivity contribution in [3.63, 3.8) is 0 Å². The summed E-state index contributed by atoms with van der Waals surface area (Å²) in [6.07, 6.45) is 2.14. The van der Waals surface area contributed by atoms with Crippen LogP contribution in [0, 0.1) is 0 Å². The Hall–Kier alpha value is -1.40. The van der Waals surface area contributed by atoms with Gasteiger partial charge in [0.25, 0.3) is 0 Å². The van der Waals surface area contributed by atoms with Crippen molar-refractivity contribution >= 4 is 25.8 Å². The number of aromatic amines is 1. The molecule has 1 unspecified atom stereocenters. The monoisotopic (exact) mass is 316 g/mol. The van der Waals surface area contributed by atoms with E-state index in [1.54, 1.807) is 0 Å². The molecule has 2 aromatic rings. The predicted molar refractivity (Wildman–Crippen MR) is 67.4 cm³/mol. The predicted octanol–water partition coefficient (Wildman–Crippen LogP) is -1.46. The van der Waals surface area contributed by atoms with Gasteiger partial charge >= 0.3 is 7.60 Å². The van der Waals surface area contributed by atoms with Gasteiger partial charge in [0.2, 0.25) is 5.69 Å². The molecule has 0 bridgehead atoms. The Labute approximate surface area is 113 Å². The lowest BCUT2D eigenvalue weighted by molar-refractivity contribution is -0.363. The summed E-state index contributed by atoms with van der Waals surface area (Å²) in [7, 11) is -8.91. The second-order valence-electron chi connectivity index (χ2n) is 3.93. The summed E-state index contributed by atoms with van der Waals surface area (Å²) in [5.41, 5.74) is 0.798. The lowest BCUT2D eigenvalue weighted by Crippen LogP contribution is -2.18. The molecular weight excluding hydrogens is 306 g/mol. The highest BCUT2D eigenvalue weighted by molar-refractivity contribution is 7.60. The Balaban J connectivity index is 2.33. The highest BCUT2D eigenvalue weighted by atomic mass is 31.2. The van der Waals surface area contributed by atoms with E-state index in [0.29, 0.717) is 11.4 Å². The lowest BCUT2D eigenvalue weighted by atomic mass is 10.2. The van der Waals surface area contributed by atoms with Crippen molar-refractivity contribution in [1.82, 2.24) is 4.98 Å². The van der Waals surface area contributed by atoms with Crippen LogP contribution in [0.25, 0.3) is 11.4 Å². The number of H-pyrrole nitrogens is 1. The average Bonchev–Trinajstić information content (AvgIpc) is 2.37. The summed E-state index contributed by atoms with van der Waals surface area (Å²) < 4.78 is 21.9. The lowest BCUT2D eigenvalue weighted by Gasteiger charge is -2.14. The maximum Gasteiger partial charge on any atom is 0.362 e. The third-order valence-corrected chi connectivity index (χ3v) is 4.35. The van der Waals surface area contributed by atoms with Crippen LogP contribution in [0.1, 0.15) is 0 Å². The molecule has 0 radical (unpaired) electrons. The molecule has 1 atom stereocenters. The fourth-order valence-electron chi connectivity index (χ4n) is 1.47. The number of nitrogens with zero attached hydrogens (tertiary/aromatic N) is 1. The Morgan fingerprint density at radius 2 is 1.70 bits per heavy atom. The van der Waals surface area contributed by atoms with E-state index < -0.39 is 15.2 Å². The largest absolute Gasteiger partial charge is 0.775 e. The first-order valence-corrected chi connectivity index (χ1v) is 8.45. The molecule has 106 valence electrons. The highest BCUT2D eigenvalue weighted by Gasteiger charge is 2.20. The van der Waals surface area contributed by atoms with Gasteiger partial charge in [0.1, 0.15) is 11.0 Å². The van der Waals surface area contributed by atoms with Crippen LogP contribution >= 0.6 is 15.2 Å². The second-order valence-corrected chi connectivity index (χ2v) is 7.09. The number of pyridine rings is 2. The van der Waals surface area contributed by atoms with Gasteiger partial charge in [0.15, 0.2) is 13.8 Å². The van der Waals surface area contributed by atoms with E-state index in [0.717, 1.165) is 12.4 Å². The van der Waals surface area contributed by atoms with Gasteiger partial charge in [0, 0.05) is 17.6 Å². The molecule has 0 aliphatic carbocycles. The molecule has 4 N–H and O–H groups in total. The van der Waals surface area contributed by atoms with Crippen molar-refractivity contribution < 1.29 is 33.7 Å². The summed E-state index contributed by atoms with van der Waals surface area (Å²) in [6.45, 7) is 0. The van der Waals surface area contributed by atoms with Crippen LogP contribution in [0.2, 0.25) is 0 Å². The fourth-order valence-corrected chi connectivity index (χ4v) is 2.44. The molecule has 0 saturated heterocycles.